The molecule has 0 aliphatic heterocycles. The molecule has 0 aliphatic carbocycles. The zero-order chi connectivity index (χ0) is 11.8. The molecule has 4 heteroatoms. The van der Waals surface area contributed by atoms with Gasteiger partial charge in [-0.3, -0.25) is 5.43 Å². The fourth-order valence-corrected chi connectivity index (χ4v) is 1.24. The molecular weight excluding hydrogens is 204 g/mol. The summed E-state index contributed by atoms with van der Waals surface area (Å²) in [6.45, 7) is 2.11. The van der Waals surface area contributed by atoms with E-state index in [1.807, 2.05) is 0 Å². The number of carbonyl (C=O) groups is 1. The Labute approximate surface area is 95.0 Å². The van der Waals surface area contributed by atoms with Gasteiger partial charge >= 0.3 is 5.97 Å². The number of aromatic carboxylic acids is 1. The normalized spacial score (nSPS) is 10.6. The van der Waals surface area contributed by atoms with E-state index in [1.165, 1.54) is 0 Å². The van der Waals surface area contributed by atoms with Crippen LogP contribution < -0.4 is 5.43 Å². The summed E-state index contributed by atoms with van der Waals surface area (Å²) in [6.07, 6.45) is 4.88. The smallest absolute Gasteiger partial charge is 0.337 e. The van der Waals surface area contributed by atoms with Gasteiger partial charge in [0.1, 0.15) is 0 Å². The molecule has 0 unspecified atom stereocenters. The van der Waals surface area contributed by atoms with Crippen LogP contribution in [-0.4, -0.2) is 17.3 Å². The van der Waals surface area contributed by atoms with E-state index in [4.69, 9.17) is 5.11 Å². The lowest BCUT2D eigenvalue weighted by Gasteiger charge is -2.03. The SMILES string of the molecule is CCCCC=NNc1ccccc1C(=O)O. The first-order chi connectivity index (χ1) is 7.75. The van der Waals surface area contributed by atoms with E-state index >= 15 is 0 Å². The van der Waals surface area contributed by atoms with Crippen molar-refractivity contribution in [1.29, 1.82) is 0 Å². The second-order valence-electron chi connectivity index (χ2n) is 3.42. The topological polar surface area (TPSA) is 61.7 Å². The van der Waals surface area contributed by atoms with Gasteiger partial charge in [0.25, 0.3) is 0 Å². The number of hydrogen-bond acceptors (Lipinski definition) is 3. The Bertz CT molecular complexity index is 375. The fourth-order valence-electron chi connectivity index (χ4n) is 1.24. The van der Waals surface area contributed by atoms with Crippen LogP contribution in [0, 0.1) is 0 Å². The van der Waals surface area contributed by atoms with Gasteiger partial charge in [-0.05, 0) is 25.0 Å². The fraction of sp³-hybridized carbons (Fsp3) is 0.333. The summed E-state index contributed by atoms with van der Waals surface area (Å²) in [4.78, 5) is 10.9. The summed E-state index contributed by atoms with van der Waals surface area (Å²) in [7, 11) is 0. The number of para-hydroxylation sites is 1. The standard InChI is InChI=1S/C12H16N2O2/c1-2-3-6-9-13-14-11-8-5-4-7-10(11)12(15)16/h4-5,7-9,14H,2-3,6H2,1H3,(H,15,16). The van der Waals surface area contributed by atoms with E-state index < -0.39 is 5.97 Å². The third kappa shape index (κ3) is 3.73. The Balaban J connectivity index is 2.59. The van der Waals surface area contributed by atoms with Crippen molar-refractivity contribution in [3.8, 4) is 0 Å². The molecule has 0 aromatic heterocycles. The van der Waals surface area contributed by atoms with E-state index in [0.717, 1.165) is 19.3 Å². The number of nitrogens with one attached hydrogen (secondary N) is 1. The van der Waals surface area contributed by atoms with Crippen LogP contribution in [0.5, 0.6) is 0 Å². The lowest BCUT2D eigenvalue weighted by molar-refractivity contribution is 0.0698. The summed E-state index contributed by atoms with van der Waals surface area (Å²) >= 11 is 0. The molecule has 0 saturated carbocycles. The lowest BCUT2D eigenvalue weighted by atomic mass is 10.2. The second-order valence-corrected chi connectivity index (χ2v) is 3.42. The largest absolute Gasteiger partial charge is 0.478 e. The van der Waals surface area contributed by atoms with Crippen LogP contribution in [0.3, 0.4) is 0 Å². The van der Waals surface area contributed by atoms with Crippen molar-refractivity contribution in [2.45, 2.75) is 26.2 Å². The average molecular weight is 220 g/mol. The first kappa shape index (κ1) is 12.2. The van der Waals surface area contributed by atoms with Gasteiger partial charge in [-0.25, -0.2) is 4.79 Å². The van der Waals surface area contributed by atoms with Crippen LogP contribution in [-0.2, 0) is 0 Å². The number of nitrogens with zero attached hydrogens (tertiary/aromatic N) is 1. The van der Waals surface area contributed by atoms with Crippen LogP contribution in [0.1, 0.15) is 36.5 Å². The molecule has 86 valence electrons. The zero-order valence-corrected chi connectivity index (χ0v) is 9.31. The van der Waals surface area contributed by atoms with Crippen LogP contribution in [0.15, 0.2) is 29.4 Å². The molecule has 0 saturated heterocycles. The Kier molecular flexibility index (Phi) is 5.05. The molecule has 4 nitrogen and oxygen atoms in total. The van der Waals surface area contributed by atoms with Crippen molar-refractivity contribution in [2.24, 2.45) is 5.10 Å². The minimum absolute atomic E-state index is 0.232. The van der Waals surface area contributed by atoms with Crippen LogP contribution in [0.4, 0.5) is 5.69 Å². The monoisotopic (exact) mass is 220 g/mol. The third-order valence-corrected chi connectivity index (χ3v) is 2.12. The quantitative estimate of drug-likeness (QED) is 0.440. The van der Waals surface area contributed by atoms with Gasteiger partial charge in [0.15, 0.2) is 0 Å². The van der Waals surface area contributed by atoms with E-state index in [0.29, 0.717) is 5.69 Å². The van der Waals surface area contributed by atoms with Gasteiger partial charge in [-0.15, -0.1) is 0 Å². The van der Waals surface area contributed by atoms with Gasteiger partial charge in [0.05, 0.1) is 11.3 Å². The number of carboxylic acid groups (broad SMARTS) is 1. The molecule has 2 N–H and O–H groups in total. The van der Waals surface area contributed by atoms with Crippen molar-refractivity contribution < 1.29 is 9.90 Å². The highest BCUT2D eigenvalue weighted by Gasteiger charge is 2.07. The Morgan fingerprint density at radius 3 is 2.94 bits per heavy atom. The molecule has 0 bridgehead atoms. The molecule has 0 fully saturated rings. The Morgan fingerprint density at radius 2 is 2.25 bits per heavy atom. The van der Waals surface area contributed by atoms with Gasteiger partial charge in [-0.2, -0.15) is 5.10 Å². The summed E-state index contributed by atoms with van der Waals surface area (Å²) in [5, 5.41) is 12.9. The highest BCUT2D eigenvalue weighted by atomic mass is 16.4. The minimum atomic E-state index is -0.952. The van der Waals surface area contributed by atoms with E-state index in [1.54, 1.807) is 30.5 Å². The maximum atomic E-state index is 10.9. The molecule has 0 aliphatic rings. The molecular formula is C12H16N2O2. The van der Waals surface area contributed by atoms with Gasteiger partial charge in [0.2, 0.25) is 0 Å². The van der Waals surface area contributed by atoms with Crippen molar-refractivity contribution in [3.63, 3.8) is 0 Å². The Morgan fingerprint density at radius 1 is 1.50 bits per heavy atom. The average Bonchev–Trinajstić information content (AvgIpc) is 2.29. The van der Waals surface area contributed by atoms with Crippen molar-refractivity contribution in [1.82, 2.24) is 0 Å². The van der Waals surface area contributed by atoms with Gasteiger partial charge in [-0.1, -0.05) is 25.5 Å². The minimum Gasteiger partial charge on any atom is -0.478 e. The number of hydrazone groups is 1. The van der Waals surface area contributed by atoms with Crippen LogP contribution in [0.2, 0.25) is 0 Å². The summed E-state index contributed by atoms with van der Waals surface area (Å²) in [6, 6.07) is 6.71. The second kappa shape index (κ2) is 6.61. The maximum absolute atomic E-state index is 10.9. The summed E-state index contributed by atoms with van der Waals surface area (Å²) in [5.74, 6) is -0.952. The predicted octanol–water partition coefficient (Wildman–Crippen LogP) is 2.97. The van der Waals surface area contributed by atoms with Gasteiger partial charge < -0.3 is 5.11 Å². The van der Waals surface area contributed by atoms with E-state index in [9.17, 15) is 4.79 Å². The molecule has 0 radical (unpaired) electrons. The van der Waals surface area contributed by atoms with E-state index in [2.05, 4.69) is 17.5 Å². The molecule has 1 rings (SSSR count). The number of anilines is 1. The molecule has 16 heavy (non-hydrogen) atoms. The highest BCUT2D eigenvalue weighted by molar-refractivity contribution is 5.94. The predicted molar refractivity (Wildman–Crippen MR) is 65.0 cm³/mol. The maximum Gasteiger partial charge on any atom is 0.337 e. The zero-order valence-electron chi connectivity index (χ0n) is 9.31. The number of carboxylic acids is 1. The number of unbranched alkanes of at least 4 members (excludes halogenated alkanes) is 2. The lowest BCUT2D eigenvalue weighted by Crippen LogP contribution is -2.01. The third-order valence-electron chi connectivity index (χ3n) is 2.12. The molecule has 0 amide bonds. The molecule has 0 atom stereocenters. The molecule has 0 heterocycles. The number of rotatable bonds is 6. The first-order valence-electron chi connectivity index (χ1n) is 5.35. The highest BCUT2D eigenvalue weighted by Crippen LogP contribution is 2.14. The van der Waals surface area contributed by atoms with Crippen molar-refractivity contribution >= 4 is 17.9 Å². The molecule has 1 aromatic carbocycles. The molecule has 1 aromatic rings. The molecule has 0 spiro atoms. The summed E-state index contributed by atoms with van der Waals surface area (Å²) in [5.41, 5.74) is 3.49. The van der Waals surface area contributed by atoms with Crippen molar-refractivity contribution in [3.05, 3.63) is 29.8 Å². The number of hydrogen-bond donors (Lipinski definition) is 2. The van der Waals surface area contributed by atoms with Crippen molar-refractivity contribution in [2.75, 3.05) is 5.43 Å². The number of benzene rings is 1. The first-order valence-corrected chi connectivity index (χ1v) is 5.35. The Hall–Kier alpha value is -1.84. The van der Waals surface area contributed by atoms with E-state index in [-0.39, 0.29) is 5.56 Å². The van der Waals surface area contributed by atoms with Gasteiger partial charge in [0, 0.05) is 6.21 Å². The van der Waals surface area contributed by atoms with Crippen LogP contribution in [0.25, 0.3) is 0 Å². The van der Waals surface area contributed by atoms with Crippen LogP contribution >= 0.6 is 0 Å². The summed E-state index contributed by atoms with van der Waals surface area (Å²) < 4.78 is 0.